The van der Waals surface area contributed by atoms with Crippen LogP contribution in [0.1, 0.15) is 170 Å². The van der Waals surface area contributed by atoms with Crippen molar-refractivity contribution in [3.63, 3.8) is 0 Å². The Hall–Kier alpha value is -12.4. The fourth-order valence-corrected chi connectivity index (χ4v) is 16.0. The van der Waals surface area contributed by atoms with Crippen LogP contribution in [0.3, 0.4) is 0 Å². The van der Waals surface area contributed by atoms with Crippen molar-refractivity contribution >= 4 is 101 Å². The molecule has 4 heterocycles. The predicted molar refractivity (Wildman–Crippen MR) is 495 cm³/mol. The Morgan fingerprint density at radius 2 is 0.565 bits per heavy atom. The van der Waals surface area contributed by atoms with E-state index < -0.39 is 280 Å². The van der Waals surface area contributed by atoms with Gasteiger partial charge in [-0.15, -0.1) is 0 Å². The van der Waals surface area contributed by atoms with Gasteiger partial charge in [-0.05, 0) is 201 Å². The van der Waals surface area contributed by atoms with Crippen LogP contribution >= 0.6 is 0 Å². The Morgan fingerprint density at radius 1 is 0.252 bits per heavy atom. The highest BCUT2D eigenvalue weighted by molar-refractivity contribution is 7.00. The molecule has 0 saturated carbocycles. The zero-order valence-electron chi connectivity index (χ0n) is 94.9. The Kier molecular flexibility index (Phi) is 11.3. The van der Waals surface area contributed by atoms with Crippen molar-refractivity contribution < 1.29 is 38.4 Å². The highest BCUT2D eigenvalue weighted by Crippen LogP contribution is 2.56. The molecule has 17 aromatic rings. The van der Waals surface area contributed by atoms with Crippen molar-refractivity contribution in [1.29, 1.82) is 0 Å². The zero-order valence-corrected chi connectivity index (χ0v) is 66.9. The number of benzene rings is 15. The van der Waals surface area contributed by atoms with Crippen molar-refractivity contribution in [2.24, 2.45) is 0 Å². The average Bonchev–Trinajstić information content (AvgIpc) is 1.60. The minimum atomic E-state index is -1.79. The van der Waals surface area contributed by atoms with Crippen molar-refractivity contribution in [3.8, 4) is 78.1 Å². The Bertz CT molecular complexity index is 7890. The molecule has 562 valence electrons. The van der Waals surface area contributed by atoms with Crippen molar-refractivity contribution in [1.82, 2.24) is 9.13 Å². The van der Waals surface area contributed by atoms with Gasteiger partial charge in [-0.1, -0.05) is 346 Å². The maximum absolute atomic E-state index is 12.1. The molecule has 2 aliphatic rings. The van der Waals surface area contributed by atoms with Gasteiger partial charge in [-0.3, -0.25) is 0 Å². The maximum atomic E-state index is 12.1. The van der Waals surface area contributed by atoms with Crippen molar-refractivity contribution in [2.45, 2.75) is 131 Å². The van der Waals surface area contributed by atoms with E-state index in [0.717, 1.165) is 20.3 Å². The molecule has 2 aliphatic heterocycles. The summed E-state index contributed by atoms with van der Waals surface area (Å²) >= 11 is 0. The van der Waals surface area contributed by atoms with Gasteiger partial charge in [0.15, 0.2) is 0 Å². The smallest absolute Gasteiger partial charge is 0.252 e. The summed E-state index contributed by atoms with van der Waals surface area (Å²) in [5.41, 5.74) is -3.34. The van der Waals surface area contributed by atoms with Gasteiger partial charge in [0.05, 0.1) is 71.8 Å². The van der Waals surface area contributed by atoms with Crippen LogP contribution in [0.2, 0.25) is 0 Å². The van der Waals surface area contributed by atoms with E-state index in [4.69, 9.17) is 0 Å². The monoisotopic (exact) mass is 1510 g/mol. The summed E-state index contributed by atoms with van der Waals surface area (Å²) in [5.74, 6) is 0. The number of hydrogen-bond acceptors (Lipinski definition) is 2. The van der Waals surface area contributed by atoms with Crippen LogP contribution in [0, 0.1) is 0 Å². The second-order valence-corrected chi connectivity index (χ2v) is 35.1. The minimum absolute atomic E-state index is 0.0563. The molecule has 19 rings (SSSR count). The van der Waals surface area contributed by atoms with E-state index in [1.807, 2.05) is 164 Å². The summed E-state index contributed by atoms with van der Waals surface area (Å²) in [4.78, 5) is 3.69. The first kappa shape index (κ1) is 47.9. The van der Waals surface area contributed by atoms with Crippen LogP contribution in [0.25, 0.3) is 122 Å². The molecule has 0 spiro atoms. The predicted octanol–water partition coefficient (Wildman–Crippen LogP) is 28.5. The lowest BCUT2D eigenvalue weighted by Gasteiger charge is -2.47. The molecule has 0 unspecified atom stereocenters. The number of nitrogens with zero attached hydrogens (tertiary/aromatic N) is 4. The number of para-hydroxylation sites is 2. The highest BCUT2D eigenvalue weighted by atomic mass is 15.2. The number of rotatable bonds is 10. The number of fused-ring (bicyclic) bond motifs is 10. The first-order valence-corrected chi connectivity index (χ1v) is 38.9. The van der Waals surface area contributed by atoms with E-state index in [9.17, 15) is 38.4 Å². The molecular weight excluding hydrogens is 1390 g/mol. The number of hydrogen-bond donors (Lipinski definition) is 0. The van der Waals surface area contributed by atoms with Crippen LogP contribution in [-0.2, 0) is 27.1 Å². The molecule has 15 aromatic carbocycles. The third-order valence-corrected chi connectivity index (χ3v) is 22.2. The molecule has 0 bridgehead atoms. The molecule has 4 nitrogen and oxygen atoms in total. The first-order valence-electron chi connectivity index (χ1n) is 52.9. The maximum Gasteiger partial charge on any atom is 0.252 e. The van der Waals surface area contributed by atoms with E-state index in [1.165, 1.54) is 0 Å². The van der Waals surface area contributed by atoms with E-state index in [1.54, 1.807) is 41.5 Å². The summed E-state index contributed by atoms with van der Waals surface area (Å²) in [5, 5.41) is -1.87. The molecule has 0 saturated heterocycles. The van der Waals surface area contributed by atoms with E-state index in [2.05, 4.69) is 65.8 Å². The van der Waals surface area contributed by atoms with Gasteiger partial charge in [0, 0.05) is 77.9 Å². The SMILES string of the molecule is [2H]c1c([2H])c(-c2c([2H])c([2H])c3c4c([2H])c([2H])c([2H])c([2H])c4n(-c4c([2H])c([2H])c5c(c4[2H])N(c4c(-c6ccccc6)cc(C(C)(C)C)cc4-c4ccccc4)c4cc(C(C)(C)C)cc6c4B5c4c([2H])c([2H])c(-n5c7c([2H])c([2H])c([2H])c([2H])c7c7c([2H])c([2H])c(-c8c([2H])c([2H])c([2H])c(C(C)(C)C)c8[2H])c([2H])c75)c([2H])c4N6c4c(-c5ccccc5)cc(C(C)(C)C)cc4-c4ccccc4)c3c2[2H])c([2H])c(C(C)(C)C)c1[2H]. The average molecular weight is 1520 g/mol. The molecule has 0 atom stereocenters. The minimum Gasteiger partial charge on any atom is -0.310 e. The lowest BCUT2D eigenvalue weighted by molar-refractivity contribution is 0.590. The lowest BCUT2D eigenvalue weighted by Crippen LogP contribution is -2.61. The Morgan fingerprint density at radius 3 is 0.904 bits per heavy atom. The van der Waals surface area contributed by atoms with E-state index in [-0.39, 0.29) is 50.3 Å². The quantitative estimate of drug-likeness (QED) is 0.127. The van der Waals surface area contributed by atoms with Crippen LogP contribution in [0.5, 0.6) is 0 Å². The van der Waals surface area contributed by atoms with Gasteiger partial charge < -0.3 is 18.9 Å². The van der Waals surface area contributed by atoms with E-state index >= 15 is 0 Å². The van der Waals surface area contributed by atoms with Gasteiger partial charge in [0.1, 0.15) is 0 Å². The summed E-state index contributed by atoms with van der Waals surface area (Å²) < 4.78 is 290. The summed E-state index contributed by atoms with van der Waals surface area (Å²) in [6.07, 6.45) is 0. The fourth-order valence-electron chi connectivity index (χ4n) is 16.0. The highest BCUT2D eigenvalue weighted by Gasteiger charge is 2.47. The van der Waals surface area contributed by atoms with Crippen molar-refractivity contribution in [3.05, 3.63) is 355 Å². The van der Waals surface area contributed by atoms with Gasteiger partial charge in [-0.2, -0.15) is 0 Å². The largest absolute Gasteiger partial charge is 0.310 e. The molecule has 0 N–H and O–H groups in total. The number of anilines is 6. The molecule has 0 aliphatic carbocycles. The topological polar surface area (TPSA) is 16.3 Å². The normalized spacial score (nSPS) is 16.5. The van der Waals surface area contributed by atoms with Crippen molar-refractivity contribution in [2.75, 3.05) is 9.80 Å². The zero-order chi connectivity index (χ0) is 104. The van der Waals surface area contributed by atoms with E-state index in [0.29, 0.717) is 61.4 Å². The molecular formula is C110H99BN4. The Balaban J connectivity index is 1.10. The molecule has 115 heavy (non-hydrogen) atoms. The second-order valence-electron chi connectivity index (χ2n) is 35.1. The molecule has 0 radical (unpaired) electrons. The van der Waals surface area contributed by atoms with Gasteiger partial charge >= 0.3 is 0 Å². The summed E-state index contributed by atoms with van der Waals surface area (Å²) in [6, 6.07) is 28.8. The summed E-state index contributed by atoms with van der Waals surface area (Å²) in [6.45, 7) is 26.7. The molecule has 5 heteroatoms. The fraction of sp³-hybridized carbons (Fsp3) is 0.182. The van der Waals surface area contributed by atoms with Crippen LogP contribution < -0.4 is 26.2 Å². The van der Waals surface area contributed by atoms with Crippen LogP contribution in [-0.4, -0.2) is 15.8 Å². The third-order valence-electron chi connectivity index (χ3n) is 22.2. The van der Waals surface area contributed by atoms with Gasteiger partial charge in [-0.25, -0.2) is 0 Å². The standard InChI is InChI=1S/C110H99BN4/c1-106(2,3)78-44-32-42-74(58-78)76-50-54-87-85-46-28-30-48-95(85)112(97(87)60-76)83-52-56-93-99(68-83)114(104-89(70-34-20-16-21-35-70)62-80(108(7,8)9)63-90(104)71-36-22-17-23-37-71)101-66-82(110(13,14)15)67-102-103(101)111(93)94-57-53-84(113-96-49-31-29-47-86(96)88-55-51-77(61-98(88)113)75-43-33-45-79(59-75)107(4,5)6)69-100(94)115(102)105-91(72-38-24-18-25-39-72)64-81(109(10,11)12)65-92(105)73-40-26-19-27-41-73/h16-69H,1-15H3/i28D,29D,30D,31D,32D,33D,42D,43D,44D,45D,46D,47D,48D,49D,50D,51D,52D,53D,54D,55D,56D,57D,58D,59D,60D,61D,68D,69D. The molecule has 0 amide bonds. The second kappa shape index (κ2) is 27.1. The number of aromatic nitrogens is 2. The summed E-state index contributed by atoms with van der Waals surface area (Å²) in [7, 11) is 0. The first-order chi connectivity index (χ1) is 66.9. The van der Waals surface area contributed by atoms with Crippen LogP contribution in [0.15, 0.2) is 327 Å². The van der Waals surface area contributed by atoms with Crippen LogP contribution in [0.4, 0.5) is 34.1 Å². The molecule has 0 fully saturated rings. The van der Waals surface area contributed by atoms with Gasteiger partial charge in [0.2, 0.25) is 0 Å². The molecule has 2 aromatic heterocycles. The Labute approximate surface area is 719 Å². The third kappa shape index (κ3) is 12.5. The van der Waals surface area contributed by atoms with Gasteiger partial charge in [0.25, 0.3) is 6.71 Å². The lowest BCUT2D eigenvalue weighted by atomic mass is 9.33.